The van der Waals surface area contributed by atoms with Crippen molar-refractivity contribution < 1.29 is 0 Å². The Bertz CT molecular complexity index is 284. The van der Waals surface area contributed by atoms with Gasteiger partial charge >= 0.3 is 0 Å². The lowest BCUT2D eigenvalue weighted by Crippen LogP contribution is -1.88. The number of nitrogens with one attached hydrogen (secondary N) is 1. The Balaban J connectivity index is 3.12. The van der Waals surface area contributed by atoms with Gasteiger partial charge in [-0.1, -0.05) is 29.3 Å². The lowest BCUT2D eigenvalue weighted by Gasteiger charge is -2.01. The quantitative estimate of drug-likeness (QED) is 0.541. The Morgan fingerprint density at radius 3 is 2.27 bits per heavy atom. The molecule has 1 aromatic rings. The Kier molecular flexibility index (Phi) is 2.58. The highest BCUT2D eigenvalue weighted by molar-refractivity contribution is 6.39. The van der Waals surface area contributed by atoms with Gasteiger partial charge < -0.3 is 0 Å². The molecule has 0 aliphatic rings. The SMILES string of the molecule is N#CNc1c(Cl)cccc1Cl. The van der Waals surface area contributed by atoms with Crippen LogP contribution in [0.25, 0.3) is 0 Å². The predicted molar refractivity (Wildman–Crippen MR) is 45.7 cm³/mol. The maximum atomic E-state index is 8.29. The molecule has 1 rings (SSSR count). The minimum absolute atomic E-state index is 0.444. The first-order valence-electron chi connectivity index (χ1n) is 2.85. The van der Waals surface area contributed by atoms with Crippen LogP contribution < -0.4 is 5.32 Å². The van der Waals surface area contributed by atoms with Crippen LogP contribution in [0.15, 0.2) is 18.2 Å². The first kappa shape index (κ1) is 8.19. The fourth-order valence-corrected chi connectivity index (χ4v) is 1.17. The summed E-state index contributed by atoms with van der Waals surface area (Å²) in [5.41, 5.74) is 0.457. The van der Waals surface area contributed by atoms with E-state index in [-0.39, 0.29) is 0 Å². The summed E-state index contributed by atoms with van der Waals surface area (Å²) in [5.74, 6) is 0. The van der Waals surface area contributed by atoms with Gasteiger partial charge in [-0.2, -0.15) is 5.26 Å². The molecule has 0 heterocycles. The molecule has 0 unspecified atom stereocenters. The van der Waals surface area contributed by atoms with Crippen molar-refractivity contribution in [3.8, 4) is 6.19 Å². The van der Waals surface area contributed by atoms with Crippen LogP contribution >= 0.6 is 23.2 Å². The summed E-state index contributed by atoms with van der Waals surface area (Å²) in [6, 6.07) is 5.04. The van der Waals surface area contributed by atoms with Crippen LogP contribution in [0.3, 0.4) is 0 Å². The van der Waals surface area contributed by atoms with E-state index in [4.69, 9.17) is 28.5 Å². The minimum Gasteiger partial charge on any atom is -0.290 e. The first-order valence-corrected chi connectivity index (χ1v) is 3.60. The summed E-state index contributed by atoms with van der Waals surface area (Å²) < 4.78 is 0. The molecule has 2 nitrogen and oxygen atoms in total. The number of halogens is 2. The van der Waals surface area contributed by atoms with Gasteiger partial charge in [-0.25, -0.2) is 0 Å². The summed E-state index contributed by atoms with van der Waals surface area (Å²) in [7, 11) is 0. The zero-order chi connectivity index (χ0) is 8.27. The van der Waals surface area contributed by atoms with Gasteiger partial charge in [0.05, 0.1) is 15.7 Å². The second kappa shape index (κ2) is 3.47. The highest BCUT2D eigenvalue weighted by Crippen LogP contribution is 2.29. The van der Waals surface area contributed by atoms with Gasteiger partial charge in [0.2, 0.25) is 0 Å². The lowest BCUT2D eigenvalue weighted by molar-refractivity contribution is 1.47. The van der Waals surface area contributed by atoms with Gasteiger partial charge in [-0.05, 0) is 12.1 Å². The average Bonchev–Trinajstić information content (AvgIpc) is 1.97. The van der Waals surface area contributed by atoms with Crippen LogP contribution in [0.4, 0.5) is 5.69 Å². The van der Waals surface area contributed by atoms with Crippen molar-refractivity contribution in [1.82, 2.24) is 0 Å². The highest BCUT2D eigenvalue weighted by atomic mass is 35.5. The molecule has 4 heteroatoms. The summed E-state index contributed by atoms with van der Waals surface area (Å²) >= 11 is 11.4. The molecule has 0 aliphatic heterocycles. The van der Waals surface area contributed by atoms with Crippen LogP contribution in [0, 0.1) is 11.5 Å². The molecular formula is C7H4Cl2N2. The van der Waals surface area contributed by atoms with Crippen molar-refractivity contribution in [3.05, 3.63) is 28.2 Å². The molecule has 0 aromatic heterocycles. The topological polar surface area (TPSA) is 35.8 Å². The van der Waals surface area contributed by atoms with E-state index in [0.29, 0.717) is 15.7 Å². The van der Waals surface area contributed by atoms with Gasteiger partial charge in [-0.15, -0.1) is 0 Å². The van der Waals surface area contributed by atoms with E-state index in [9.17, 15) is 0 Å². The van der Waals surface area contributed by atoms with E-state index >= 15 is 0 Å². The standard InChI is InChI=1S/C7H4Cl2N2/c8-5-2-1-3-6(9)7(5)11-4-10/h1-3,11H. The Hall–Kier alpha value is -0.910. The third-order valence-electron chi connectivity index (χ3n) is 1.14. The zero-order valence-corrected chi connectivity index (χ0v) is 6.95. The average molecular weight is 187 g/mol. The molecule has 11 heavy (non-hydrogen) atoms. The molecule has 0 fully saturated rings. The van der Waals surface area contributed by atoms with Gasteiger partial charge in [0.1, 0.15) is 0 Å². The van der Waals surface area contributed by atoms with Crippen molar-refractivity contribution in [2.45, 2.75) is 0 Å². The summed E-state index contributed by atoms with van der Waals surface area (Å²) in [5, 5.41) is 11.6. The van der Waals surface area contributed by atoms with Crippen molar-refractivity contribution >= 4 is 28.9 Å². The summed E-state index contributed by atoms with van der Waals surface area (Å²) in [6.07, 6.45) is 1.75. The number of nitrogens with zero attached hydrogens (tertiary/aromatic N) is 1. The number of hydrogen-bond acceptors (Lipinski definition) is 2. The smallest absolute Gasteiger partial charge is 0.181 e. The maximum absolute atomic E-state index is 8.29. The van der Waals surface area contributed by atoms with Gasteiger partial charge in [0.15, 0.2) is 6.19 Å². The second-order valence-corrected chi connectivity index (χ2v) is 2.65. The minimum atomic E-state index is 0.444. The molecule has 0 saturated carbocycles. The molecule has 0 spiro atoms. The van der Waals surface area contributed by atoms with E-state index in [0.717, 1.165) is 0 Å². The summed E-state index contributed by atoms with van der Waals surface area (Å²) in [6.45, 7) is 0. The van der Waals surface area contributed by atoms with Crippen molar-refractivity contribution in [2.24, 2.45) is 0 Å². The lowest BCUT2D eigenvalue weighted by atomic mass is 10.3. The number of nitriles is 1. The van der Waals surface area contributed by atoms with Crippen LogP contribution in [0.1, 0.15) is 0 Å². The third-order valence-corrected chi connectivity index (χ3v) is 1.77. The molecule has 0 atom stereocenters. The van der Waals surface area contributed by atoms with Gasteiger partial charge in [0, 0.05) is 0 Å². The molecule has 0 bridgehead atoms. The zero-order valence-electron chi connectivity index (χ0n) is 5.44. The van der Waals surface area contributed by atoms with Crippen molar-refractivity contribution in [2.75, 3.05) is 5.32 Å². The molecule has 1 aromatic carbocycles. The van der Waals surface area contributed by atoms with E-state index in [2.05, 4.69) is 5.32 Å². The van der Waals surface area contributed by atoms with E-state index in [1.165, 1.54) is 0 Å². The van der Waals surface area contributed by atoms with E-state index in [1.54, 1.807) is 24.4 Å². The maximum Gasteiger partial charge on any atom is 0.181 e. The van der Waals surface area contributed by atoms with Gasteiger partial charge in [-0.3, -0.25) is 5.32 Å². The molecule has 0 amide bonds. The molecule has 0 radical (unpaired) electrons. The molecule has 0 saturated heterocycles. The second-order valence-electron chi connectivity index (χ2n) is 1.83. The van der Waals surface area contributed by atoms with Gasteiger partial charge in [0.25, 0.3) is 0 Å². The van der Waals surface area contributed by atoms with Crippen molar-refractivity contribution in [1.29, 1.82) is 5.26 Å². The number of hydrogen-bond donors (Lipinski definition) is 1. The summed E-state index contributed by atoms with van der Waals surface area (Å²) in [4.78, 5) is 0. The molecule has 0 aliphatic carbocycles. The first-order chi connectivity index (χ1) is 5.25. The van der Waals surface area contributed by atoms with Crippen LogP contribution in [0.5, 0.6) is 0 Å². The third kappa shape index (κ3) is 1.76. The Morgan fingerprint density at radius 1 is 1.27 bits per heavy atom. The highest BCUT2D eigenvalue weighted by Gasteiger charge is 2.02. The van der Waals surface area contributed by atoms with Crippen molar-refractivity contribution in [3.63, 3.8) is 0 Å². The monoisotopic (exact) mass is 186 g/mol. The fraction of sp³-hybridized carbons (Fsp3) is 0. The van der Waals surface area contributed by atoms with Crippen LogP contribution in [-0.4, -0.2) is 0 Å². The number of rotatable bonds is 1. The largest absolute Gasteiger partial charge is 0.290 e. The fourth-order valence-electron chi connectivity index (χ4n) is 0.673. The van der Waals surface area contributed by atoms with Crippen LogP contribution in [-0.2, 0) is 0 Å². The number of benzene rings is 1. The number of para-hydroxylation sites is 1. The molecule has 56 valence electrons. The molecular weight excluding hydrogens is 183 g/mol. The van der Waals surface area contributed by atoms with Crippen LogP contribution in [0.2, 0.25) is 10.0 Å². The Morgan fingerprint density at radius 2 is 1.82 bits per heavy atom. The Labute approximate surface area is 74.3 Å². The number of anilines is 1. The normalized spacial score (nSPS) is 8.82. The van der Waals surface area contributed by atoms with E-state index in [1.807, 2.05) is 0 Å². The predicted octanol–water partition coefficient (Wildman–Crippen LogP) is 2.89. The van der Waals surface area contributed by atoms with E-state index < -0.39 is 0 Å². The molecule has 1 N–H and O–H groups in total.